The molecule has 2 aromatic carbocycles. The molecule has 0 bridgehead atoms. The summed E-state index contributed by atoms with van der Waals surface area (Å²) in [6.07, 6.45) is 4.38. The van der Waals surface area contributed by atoms with Gasteiger partial charge in [0, 0.05) is 18.5 Å². The van der Waals surface area contributed by atoms with Crippen LogP contribution in [-0.4, -0.2) is 36.0 Å². The second-order valence-corrected chi connectivity index (χ2v) is 7.51. The number of carbonyl (C=O) groups excluding carboxylic acids is 1. The van der Waals surface area contributed by atoms with Crippen molar-refractivity contribution < 1.29 is 9.53 Å². The fraction of sp³-hybridized carbons (Fsp3) is 0.333. The average molecular weight is 374 g/mol. The van der Waals surface area contributed by atoms with E-state index in [0.29, 0.717) is 11.6 Å². The predicted molar refractivity (Wildman–Crippen MR) is 112 cm³/mol. The minimum absolute atomic E-state index is 0.0550. The topological polar surface area (TPSA) is 42.4 Å². The zero-order chi connectivity index (χ0) is 19.3. The monoisotopic (exact) mass is 374 g/mol. The molecule has 0 radical (unpaired) electrons. The lowest BCUT2D eigenvalue weighted by Crippen LogP contribution is -2.38. The summed E-state index contributed by atoms with van der Waals surface area (Å²) in [5.74, 6) is 1.63. The van der Waals surface area contributed by atoms with Crippen molar-refractivity contribution in [2.75, 3.05) is 20.2 Å². The van der Waals surface area contributed by atoms with Crippen LogP contribution >= 0.6 is 0 Å². The predicted octanol–water partition coefficient (Wildman–Crippen LogP) is 4.73. The van der Waals surface area contributed by atoms with Crippen LogP contribution in [0.5, 0.6) is 5.75 Å². The molecule has 1 aliphatic rings. The number of carbonyl (C=O) groups is 1. The fourth-order valence-corrected chi connectivity index (χ4v) is 3.93. The van der Waals surface area contributed by atoms with Gasteiger partial charge in [-0.25, -0.2) is 4.98 Å². The van der Waals surface area contributed by atoms with Crippen LogP contribution in [0.4, 0.5) is 0 Å². The summed E-state index contributed by atoms with van der Waals surface area (Å²) in [6.45, 7) is 1.64. The van der Waals surface area contributed by atoms with Crippen LogP contribution in [0.15, 0.2) is 60.7 Å². The molecule has 0 atom stereocenters. The quantitative estimate of drug-likeness (QED) is 0.648. The molecule has 1 saturated heterocycles. The molecule has 0 saturated carbocycles. The van der Waals surface area contributed by atoms with Crippen LogP contribution in [-0.2, 0) is 6.42 Å². The van der Waals surface area contributed by atoms with E-state index in [2.05, 4.69) is 17.1 Å². The highest BCUT2D eigenvalue weighted by atomic mass is 16.5. The first-order chi connectivity index (χ1) is 13.7. The van der Waals surface area contributed by atoms with Gasteiger partial charge in [0.1, 0.15) is 11.4 Å². The van der Waals surface area contributed by atoms with Crippen molar-refractivity contribution in [3.63, 3.8) is 0 Å². The summed E-state index contributed by atoms with van der Waals surface area (Å²) in [6, 6.07) is 20.1. The summed E-state index contributed by atoms with van der Waals surface area (Å²) in [5, 5.41) is 1.07. The van der Waals surface area contributed by atoms with Gasteiger partial charge in [-0.3, -0.25) is 4.79 Å². The van der Waals surface area contributed by atoms with Crippen LogP contribution in [0, 0.1) is 5.92 Å². The average Bonchev–Trinajstić information content (AvgIpc) is 2.77. The zero-order valence-electron chi connectivity index (χ0n) is 16.3. The summed E-state index contributed by atoms with van der Waals surface area (Å²) in [4.78, 5) is 19.4. The molecule has 0 N–H and O–H groups in total. The van der Waals surface area contributed by atoms with Crippen LogP contribution in [0.2, 0.25) is 0 Å². The minimum atomic E-state index is 0.0550. The molecule has 4 rings (SSSR count). The maximum absolute atomic E-state index is 12.8. The molecule has 4 nitrogen and oxygen atoms in total. The lowest BCUT2D eigenvalue weighted by Gasteiger charge is -2.32. The van der Waals surface area contributed by atoms with E-state index in [4.69, 9.17) is 4.74 Å². The molecule has 3 aromatic rings. The molecule has 0 unspecified atom stereocenters. The maximum atomic E-state index is 12.8. The molecule has 0 aliphatic carbocycles. The van der Waals surface area contributed by atoms with Gasteiger partial charge in [0.2, 0.25) is 0 Å². The number of ether oxygens (including phenoxy) is 1. The van der Waals surface area contributed by atoms with E-state index in [9.17, 15) is 4.79 Å². The van der Waals surface area contributed by atoms with Gasteiger partial charge >= 0.3 is 0 Å². The van der Waals surface area contributed by atoms with Crippen LogP contribution in [0.1, 0.15) is 35.3 Å². The van der Waals surface area contributed by atoms with Gasteiger partial charge in [0.05, 0.1) is 12.6 Å². The van der Waals surface area contributed by atoms with Crippen LogP contribution < -0.4 is 4.74 Å². The van der Waals surface area contributed by atoms with E-state index in [-0.39, 0.29) is 5.91 Å². The van der Waals surface area contributed by atoms with Gasteiger partial charge in [-0.2, -0.15) is 0 Å². The Kier molecular flexibility index (Phi) is 5.56. The Balaban J connectivity index is 1.30. The molecular formula is C24H26N2O2. The summed E-state index contributed by atoms with van der Waals surface area (Å²) < 4.78 is 5.22. The molecule has 1 aromatic heterocycles. The standard InChI is InChI=1S/C24H26N2O2/c1-28-21-11-8-18(9-12-21)6-7-19-14-16-26(17-15-19)24(27)23-13-10-20-4-2-3-5-22(20)25-23/h2-5,8-13,19H,6-7,14-17H2,1H3. The smallest absolute Gasteiger partial charge is 0.272 e. The van der Waals surface area contributed by atoms with Crippen molar-refractivity contribution in [3.05, 3.63) is 71.9 Å². The summed E-state index contributed by atoms with van der Waals surface area (Å²) in [7, 11) is 1.69. The molecule has 1 fully saturated rings. The van der Waals surface area contributed by atoms with E-state index in [0.717, 1.165) is 49.0 Å². The van der Waals surface area contributed by atoms with Crippen molar-refractivity contribution in [1.82, 2.24) is 9.88 Å². The number of aryl methyl sites for hydroxylation is 1. The molecule has 4 heteroatoms. The normalized spacial score (nSPS) is 15.0. The summed E-state index contributed by atoms with van der Waals surface area (Å²) in [5.41, 5.74) is 2.78. The number of aromatic nitrogens is 1. The third kappa shape index (κ3) is 4.16. The third-order valence-corrected chi connectivity index (χ3v) is 5.72. The number of hydrogen-bond acceptors (Lipinski definition) is 3. The lowest BCUT2D eigenvalue weighted by molar-refractivity contribution is 0.0681. The number of pyridine rings is 1. The molecular weight excluding hydrogens is 348 g/mol. The van der Waals surface area contributed by atoms with Crippen LogP contribution in [0.25, 0.3) is 10.9 Å². The number of methoxy groups -OCH3 is 1. The largest absolute Gasteiger partial charge is 0.497 e. The number of amides is 1. The van der Waals surface area contributed by atoms with Crippen molar-refractivity contribution >= 4 is 16.8 Å². The number of fused-ring (bicyclic) bond motifs is 1. The van der Waals surface area contributed by atoms with E-state index in [1.165, 1.54) is 12.0 Å². The lowest BCUT2D eigenvalue weighted by atomic mass is 9.90. The van der Waals surface area contributed by atoms with Gasteiger partial charge in [-0.05, 0) is 61.4 Å². The Morgan fingerprint density at radius 3 is 2.54 bits per heavy atom. The number of likely N-dealkylation sites (tertiary alicyclic amines) is 1. The Morgan fingerprint density at radius 2 is 1.79 bits per heavy atom. The van der Waals surface area contributed by atoms with Crippen molar-refractivity contribution in [1.29, 1.82) is 0 Å². The highest BCUT2D eigenvalue weighted by Crippen LogP contribution is 2.24. The third-order valence-electron chi connectivity index (χ3n) is 5.72. The molecule has 0 spiro atoms. The fourth-order valence-electron chi connectivity index (χ4n) is 3.93. The van der Waals surface area contributed by atoms with Gasteiger partial charge in [-0.15, -0.1) is 0 Å². The number of piperidine rings is 1. The molecule has 2 heterocycles. The number of para-hydroxylation sites is 1. The van der Waals surface area contributed by atoms with Crippen molar-refractivity contribution in [2.24, 2.45) is 5.92 Å². The number of rotatable bonds is 5. The molecule has 144 valence electrons. The Labute approximate surface area is 166 Å². The molecule has 1 amide bonds. The van der Waals surface area contributed by atoms with Gasteiger partial charge < -0.3 is 9.64 Å². The van der Waals surface area contributed by atoms with Crippen molar-refractivity contribution in [2.45, 2.75) is 25.7 Å². The van der Waals surface area contributed by atoms with Gasteiger partial charge in [0.15, 0.2) is 0 Å². The summed E-state index contributed by atoms with van der Waals surface area (Å²) >= 11 is 0. The molecule has 1 aliphatic heterocycles. The molecule has 28 heavy (non-hydrogen) atoms. The van der Waals surface area contributed by atoms with E-state index in [1.807, 2.05) is 53.4 Å². The van der Waals surface area contributed by atoms with E-state index >= 15 is 0 Å². The first-order valence-electron chi connectivity index (χ1n) is 10.0. The van der Waals surface area contributed by atoms with Gasteiger partial charge in [0.25, 0.3) is 5.91 Å². The first-order valence-corrected chi connectivity index (χ1v) is 10.0. The highest BCUT2D eigenvalue weighted by molar-refractivity contribution is 5.94. The first kappa shape index (κ1) is 18.5. The SMILES string of the molecule is COc1ccc(CCC2CCN(C(=O)c3ccc4ccccc4n3)CC2)cc1. The van der Waals surface area contributed by atoms with Crippen molar-refractivity contribution in [3.8, 4) is 5.75 Å². The van der Waals surface area contributed by atoms with Crippen LogP contribution in [0.3, 0.4) is 0 Å². The number of hydrogen-bond donors (Lipinski definition) is 0. The Hall–Kier alpha value is -2.88. The minimum Gasteiger partial charge on any atom is -0.497 e. The second-order valence-electron chi connectivity index (χ2n) is 7.51. The van der Waals surface area contributed by atoms with E-state index in [1.54, 1.807) is 7.11 Å². The second kappa shape index (κ2) is 8.42. The Morgan fingerprint density at radius 1 is 1.04 bits per heavy atom. The number of benzene rings is 2. The highest BCUT2D eigenvalue weighted by Gasteiger charge is 2.24. The zero-order valence-corrected chi connectivity index (χ0v) is 16.3. The van der Waals surface area contributed by atoms with E-state index < -0.39 is 0 Å². The maximum Gasteiger partial charge on any atom is 0.272 e. The Bertz CT molecular complexity index is 944. The number of nitrogens with zero attached hydrogens (tertiary/aromatic N) is 2. The van der Waals surface area contributed by atoms with Gasteiger partial charge in [-0.1, -0.05) is 36.4 Å².